The lowest BCUT2D eigenvalue weighted by Gasteiger charge is -2.27. The monoisotopic (exact) mass is 446 g/mol. The first-order chi connectivity index (χ1) is 11.9. The first-order valence-electron chi connectivity index (χ1n) is 7.74. The van der Waals surface area contributed by atoms with Gasteiger partial charge in [0.05, 0.1) is 34.9 Å². The normalized spacial score (nSPS) is 22.2. The molecule has 1 aliphatic carbocycles. The molecule has 0 saturated carbocycles. The van der Waals surface area contributed by atoms with E-state index in [9.17, 15) is 30.4 Å². The molecule has 2 unspecified atom stereocenters. The number of hydrogen-bond donors (Lipinski definition) is 1. The maximum absolute atomic E-state index is 12.6. The van der Waals surface area contributed by atoms with Crippen molar-refractivity contribution in [2.45, 2.75) is 17.3 Å². The highest BCUT2D eigenvalue weighted by Crippen LogP contribution is 2.29. The van der Waals surface area contributed by atoms with Gasteiger partial charge >= 0.3 is 0 Å². The molecule has 0 aromatic carbocycles. The van der Waals surface area contributed by atoms with Crippen LogP contribution in [0.25, 0.3) is 0 Å². The molecule has 0 aromatic rings. The van der Waals surface area contributed by atoms with Crippen LogP contribution in [0.15, 0.2) is 37.0 Å². The highest BCUT2D eigenvalue weighted by Gasteiger charge is 2.39. The van der Waals surface area contributed by atoms with Gasteiger partial charge < -0.3 is 5.11 Å². The summed E-state index contributed by atoms with van der Waals surface area (Å²) in [6.07, 6.45) is 6.14. The second-order valence-electron chi connectivity index (χ2n) is 6.04. The van der Waals surface area contributed by atoms with Gasteiger partial charge in [0.2, 0.25) is 0 Å². The van der Waals surface area contributed by atoms with Crippen molar-refractivity contribution in [1.82, 2.24) is 0 Å². The molecule has 0 fully saturated rings. The van der Waals surface area contributed by atoms with Crippen molar-refractivity contribution in [3.8, 4) is 0 Å². The van der Waals surface area contributed by atoms with Gasteiger partial charge in [0.1, 0.15) is 4.75 Å². The van der Waals surface area contributed by atoms with Gasteiger partial charge in [0, 0.05) is 5.88 Å². The molecule has 1 aliphatic rings. The number of hydrogen-bond acceptors (Lipinski definition) is 7. The van der Waals surface area contributed by atoms with E-state index < -0.39 is 63.4 Å². The summed E-state index contributed by atoms with van der Waals surface area (Å²) in [4.78, 5) is 0. The van der Waals surface area contributed by atoms with Crippen LogP contribution in [0.1, 0.15) is 6.42 Å². The highest BCUT2D eigenvalue weighted by atomic mass is 35.5. The largest absolute Gasteiger partial charge is 0.391 e. The van der Waals surface area contributed by atoms with Gasteiger partial charge in [-0.2, -0.15) is 0 Å². The minimum absolute atomic E-state index is 0.161. The van der Waals surface area contributed by atoms with Crippen molar-refractivity contribution in [2.24, 2.45) is 0 Å². The van der Waals surface area contributed by atoms with Crippen molar-refractivity contribution < 1.29 is 30.4 Å². The van der Waals surface area contributed by atoms with E-state index in [0.717, 1.165) is 0 Å². The Morgan fingerprint density at radius 3 is 2.08 bits per heavy atom. The third kappa shape index (κ3) is 6.49. The predicted octanol–water partition coefficient (Wildman–Crippen LogP) is 0.271. The molecule has 26 heavy (non-hydrogen) atoms. The Kier molecular flexibility index (Phi) is 8.09. The summed E-state index contributed by atoms with van der Waals surface area (Å²) in [6.45, 7) is 3.54. The molecule has 2 atom stereocenters. The molecule has 0 aromatic heterocycles. The highest BCUT2D eigenvalue weighted by molar-refractivity contribution is 7.96. The van der Waals surface area contributed by atoms with E-state index in [-0.39, 0.29) is 18.1 Å². The van der Waals surface area contributed by atoms with Gasteiger partial charge in [0.25, 0.3) is 0 Å². The van der Waals surface area contributed by atoms with Crippen molar-refractivity contribution >= 4 is 41.1 Å². The van der Waals surface area contributed by atoms with Crippen molar-refractivity contribution in [3.05, 3.63) is 37.0 Å². The van der Waals surface area contributed by atoms with Crippen LogP contribution < -0.4 is 0 Å². The molecule has 1 N–H and O–H groups in total. The average Bonchev–Trinajstić information content (AvgIpc) is 2.52. The van der Waals surface area contributed by atoms with Crippen LogP contribution in [0.4, 0.5) is 0 Å². The van der Waals surface area contributed by atoms with E-state index >= 15 is 0 Å². The van der Waals surface area contributed by atoms with E-state index in [1.165, 1.54) is 12.2 Å². The van der Waals surface area contributed by atoms with Crippen LogP contribution in [0.3, 0.4) is 0 Å². The molecule has 0 aliphatic heterocycles. The number of sulfone groups is 3. The van der Waals surface area contributed by atoms with Gasteiger partial charge in [-0.05, 0) is 6.42 Å². The summed E-state index contributed by atoms with van der Waals surface area (Å²) >= 11 is 5.34. The molecule has 0 radical (unpaired) electrons. The van der Waals surface area contributed by atoms with E-state index in [2.05, 4.69) is 6.58 Å². The maximum Gasteiger partial charge on any atom is 0.164 e. The van der Waals surface area contributed by atoms with Gasteiger partial charge in [0.15, 0.2) is 29.5 Å². The molecule has 7 nitrogen and oxygen atoms in total. The first kappa shape index (κ1) is 23.4. The fourth-order valence-corrected chi connectivity index (χ4v) is 8.47. The third-order valence-electron chi connectivity index (χ3n) is 3.93. The summed E-state index contributed by atoms with van der Waals surface area (Å²) in [6, 6.07) is 0. The Bertz CT molecular complexity index is 870. The lowest BCUT2D eigenvalue weighted by molar-refractivity contribution is 0.220. The number of aliphatic hydroxyl groups excluding tert-OH is 1. The summed E-state index contributed by atoms with van der Waals surface area (Å²) in [5, 5.41) is 9.73. The van der Waals surface area contributed by atoms with Crippen molar-refractivity contribution in [2.75, 3.05) is 34.6 Å². The zero-order valence-corrected chi connectivity index (χ0v) is 17.3. The van der Waals surface area contributed by atoms with Crippen molar-refractivity contribution in [3.63, 3.8) is 0 Å². The lowest BCUT2D eigenvalue weighted by Crippen LogP contribution is -2.39. The van der Waals surface area contributed by atoms with Crippen LogP contribution in [-0.2, 0) is 29.5 Å². The van der Waals surface area contributed by atoms with Crippen LogP contribution in [0, 0.1) is 0 Å². The molecular weight excluding hydrogens is 424 g/mol. The fraction of sp³-hybridized carbons (Fsp3) is 0.600. The standard InChI is InChI=1S/C15H23ClO7S3/c1-2-15(6-4-3-5-7-15)26(22,23)11-10-25(20,21)13-14(17)12-24(18,19)9-8-16/h2-6,14,17H,1,7-13H2. The molecule has 0 heterocycles. The summed E-state index contributed by atoms with van der Waals surface area (Å²) < 4.78 is 71.2. The first-order valence-corrected chi connectivity index (χ1v) is 13.6. The third-order valence-corrected chi connectivity index (χ3v) is 10.4. The average molecular weight is 447 g/mol. The number of alkyl halides is 1. The van der Waals surface area contributed by atoms with Gasteiger partial charge in [-0.1, -0.05) is 30.4 Å². The molecule has 150 valence electrons. The predicted molar refractivity (Wildman–Crippen MR) is 104 cm³/mol. The minimum atomic E-state index is -3.98. The van der Waals surface area contributed by atoms with Crippen molar-refractivity contribution in [1.29, 1.82) is 0 Å². The molecule has 0 spiro atoms. The SMILES string of the molecule is C=CC1(S(=O)(=O)CCS(=O)(=O)CC(O)CS(=O)(=O)CCCl)C=CC=CC1. The topological polar surface area (TPSA) is 123 Å². The zero-order chi connectivity index (χ0) is 20.1. The summed E-state index contributed by atoms with van der Waals surface area (Å²) in [5.41, 5.74) is 0. The lowest BCUT2D eigenvalue weighted by atomic mass is 10.0. The van der Waals surface area contributed by atoms with E-state index in [0.29, 0.717) is 0 Å². The molecule has 1 rings (SSSR count). The van der Waals surface area contributed by atoms with E-state index in [1.807, 2.05) is 0 Å². The zero-order valence-electron chi connectivity index (χ0n) is 14.1. The number of allylic oxidation sites excluding steroid dienone is 3. The number of rotatable bonds is 11. The second-order valence-corrected chi connectivity index (χ2v) is 13.3. The molecule has 11 heteroatoms. The Labute approximate surface area is 160 Å². The molecule has 0 bridgehead atoms. The van der Waals surface area contributed by atoms with Gasteiger partial charge in [-0.25, -0.2) is 25.3 Å². The molecular formula is C15H23ClO7S3. The van der Waals surface area contributed by atoms with Crippen LogP contribution >= 0.6 is 11.6 Å². The maximum atomic E-state index is 12.6. The fourth-order valence-electron chi connectivity index (χ4n) is 2.47. The Hall–Kier alpha value is -0.680. The minimum Gasteiger partial charge on any atom is -0.391 e. The van der Waals surface area contributed by atoms with Crippen LogP contribution in [0.2, 0.25) is 0 Å². The quantitative estimate of drug-likeness (QED) is 0.357. The van der Waals surface area contributed by atoms with Crippen LogP contribution in [0.5, 0.6) is 0 Å². The van der Waals surface area contributed by atoms with Crippen LogP contribution in [-0.4, -0.2) is 75.9 Å². The van der Waals surface area contributed by atoms with Gasteiger partial charge in [-0.15, -0.1) is 18.2 Å². The van der Waals surface area contributed by atoms with Gasteiger partial charge in [-0.3, -0.25) is 0 Å². The second kappa shape index (κ2) is 9.01. The Balaban J connectivity index is 2.77. The summed E-state index contributed by atoms with van der Waals surface area (Å²) in [7, 11) is -11.5. The smallest absolute Gasteiger partial charge is 0.164 e. The Morgan fingerprint density at radius 2 is 1.62 bits per heavy atom. The molecule has 0 amide bonds. The van der Waals surface area contributed by atoms with E-state index in [4.69, 9.17) is 11.6 Å². The Morgan fingerprint density at radius 1 is 1.04 bits per heavy atom. The van der Waals surface area contributed by atoms with E-state index in [1.54, 1.807) is 18.2 Å². The number of aliphatic hydroxyl groups is 1. The molecule has 0 saturated heterocycles. The summed E-state index contributed by atoms with van der Waals surface area (Å²) in [5.74, 6) is -3.47. The number of halogens is 1.